The second kappa shape index (κ2) is 7.15. The molecule has 0 spiro atoms. The Morgan fingerprint density at radius 1 is 1.45 bits per heavy atom. The van der Waals surface area contributed by atoms with Crippen LogP contribution in [0.15, 0.2) is 10.6 Å². The number of nitrogens with zero attached hydrogens (tertiary/aromatic N) is 1. The summed E-state index contributed by atoms with van der Waals surface area (Å²) in [6, 6.07) is 1.64. The lowest BCUT2D eigenvalue weighted by molar-refractivity contribution is -0.120. The molecule has 1 aliphatic rings. The molecule has 1 saturated carbocycles. The fourth-order valence-corrected chi connectivity index (χ4v) is 2.85. The largest absolute Gasteiger partial charge is 0.360 e. The number of rotatable bonds is 8. The van der Waals surface area contributed by atoms with Gasteiger partial charge in [0.05, 0.1) is 17.0 Å². The van der Waals surface area contributed by atoms with Gasteiger partial charge in [-0.05, 0) is 32.6 Å². The van der Waals surface area contributed by atoms with Gasteiger partial charge in [-0.3, -0.25) is 9.59 Å². The molecule has 1 fully saturated rings. The van der Waals surface area contributed by atoms with Gasteiger partial charge in [0, 0.05) is 12.6 Å². The molecule has 22 heavy (non-hydrogen) atoms. The van der Waals surface area contributed by atoms with Crippen LogP contribution in [0.2, 0.25) is 0 Å². The molecule has 0 radical (unpaired) electrons. The van der Waals surface area contributed by atoms with Crippen LogP contribution in [0.4, 0.5) is 5.82 Å². The molecule has 1 aliphatic carbocycles. The monoisotopic (exact) mass is 326 g/mol. The normalized spacial score (nSPS) is 16.9. The van der Waals surface area contributed by atoms with Gasteiger partial charge in [-0.1, -0.05) is 5.16 Å². The number of amides is 2. The van der Waals surface area contributed by atoms with Gasteiger partial charge in [0.15, 0.2) is 5.82 Å². The first-order chi connectivity index (χ1) is 10.4. The topological polar surface area (TPSA) is 110 Å². The first kappa shape index (κ1) is 16.8. The SMILES string of the molecule is Cc1cc(NC(=O)CSCC(=O)NC(C)(CN)C2CC2)no1. The smallest absolute Gasteiger partial charge is 0.235 e. The minimum atomic E-state index is -0.321. The summed E-state index contributed by atoms with van der Waals surface area (Å²) in [6.07, 6.45) is 2.22. The second-order valence-electron chi connectivity index (χ2n) is 5.81. The van der Waals surface area contributed by atoms with Crippen molar-refractivity contribution in [3.63, 3.8) is 0 Å². The van der Waals surface area contributed by atoms with Gasteiger partial charge in [-0.25, -0.2) is 0 Å². The number of anilines is 1. The zero-order chi connectivity index (χ0) is 16.2. The predicted molar refractivity (Wildman–Crippen MR) is 85.5 cm³/mol. The van der Waals surface area contributed by atoms with Gasteiger partial charge in [-0.2, -0.15) is 0 Å². The van der Waals surface area contributed by atoms with E-state index in [4.69, 9.17) is 10.3 Å². The Bertz CT molecular complexity index is 544. The molecule has 0 bridgehead atoms. The first-order valence-corrected chi connectivity index (χ1v) is 8.40. The number of hydrogen-bond acceptors (Lipinski definition) is 6. The number of nitrogens with two attached hydrogens (primary N) is 1. The van der Waals surface area contributed by atoms with Crippen LogP contribution in [-0.4, -0.2) is 40.6 Å². The molecule has 2 rings (SSSR count). The molecule has 1 unspecified atom stereocenters. The number of carbonyl (C=O) groups excluding carboxylic acids is 2. The molecular formula is C14H22N4O3S. The number of hydrogen-bond donors (Lipinski definition) is 3. The Hall–Kier alpha value is -1.54. The lowest BCUT2D eigenvalue weighted by Gasteiger charge is -2.29. The van der Waals surface area contributed by atoms with Crippen molar-refractivity contribution in [1.82, 2.24) is 10.5 Å². The Kier molecular flexibility index (Phi) is 5.47. The quantitative estimate of drug-likeness (QED) is 0.654. The van der Waals surface area contributed by atoms with Crippen LogP contribution in [0.3, 0.4) is 0 Å². The van der Waals surface area contributed by atoms with E-state index in [1.165, 1.54) is 11.8 Å². The molecule has 4 N–H and O–H groups in total. The first-order valence-electron chi connectivity index (χ1n) is 7.25. The highest BCUT2D eigenvalue weighted by molar-refractivity contribution is 8.00. The second-order valence-corrected chi connectivity index (χ2v) is 6.79. The molecule has 2 amide bonds. The van der Waals surface area contributed by atoms with Crippen LogP contribution < -0.4 is 16.4 Å². The van der Waals surface area contributed by atoms with E-state index in [0.29, 0.717) is 24.0 Å². The number of nitrogens with one attached hydrogen (secondary N) is 2. The zero-order valence-corrected chi connectivity index (χ0v) is 13.7. The summed E-state index contributed by atoms with van der Waals surface area (Å²) in [4.78, 5) is 23.6. The van der Waals surface area contributed by atoms with Gasteiger partial charge in [0.25, 0.3) is 0 Å². The van der Waals surface area contributed by atoms with Gasteiger partial charge >= 0.3 is 0 Å². The number of carbonyl (C=O) groups is 2. The molecular weight excluding hydrogens is 304 g/mol. The number of aryl methyl sites for hydroxylation is 1. The van der Waals surface area contributed by atoms with E-state index < -0.39 is 0 Å². The highest BCUT2D eigenvalue weighted by Gasteiger charge is 2.41. The van der Waals surface area contributed by atoms with E-state index in [9.17, 15) is 9.59 Å². The molecule has 0 saturated heterocycles. The fraction of sp³-hybridized carbons (Fsp3) is 0.643. The van der Waals surface area contributed by atoms with Gasteiger partial charge in [0.1, 0.15) is 5.76 Å². The summed E-state index contributed by atoms with van der Waals surface area (Å²) in [5, 5.41) is 9.27. The minimum Gasteiger partial charge on any atom is -0.360 e. The minimum absolute atomic E-state index is 0.0880. The predicted octanol–water partition coefficient (Wildman–Crippen LogP) is 0.898. The molecule has 7 nitrogen and oxygen atoms in total. The Balaban J connectivity index is 1.67. The molecule has 8 heteroatoms. The fourth-order valence-electron chi connectivity index (χ4n) is 2.24. The molecule has 1 atom stereocenters. The Labute approximate surface area is 133 Å². The summed E-state index contributed by atoms with van der Waals surface area (Å²) in [7, 11) is 0. The highest BCUT2D eigenvalue weighted by atomic mass is 32.2. The van der Waals surface area contributed by atoms with Crippen LogP contribution in [0.25, 0.3) is 0 Å². The molecule has 1 aromatic heterocycles. The lowest BCUT2D eigenvalue weighted by atomic mass is 9.96. The van der Waals surface area contributed by atoms with Gasteiger partial charge in [0.2, 0.25) is 11.8 Å². The van der Waals surface area contributed by atoms with E-state index in [2.05, 4.69) is 15.8 Å². The van der Waals surface area contributed by atoms with Crippen molar-refractivity contribution in [2.45, 2.75) is 32.2 Å². The summed E-state index contributed by atoms with van der Waals surface area (Å²) in [5.74, 6) is 1.60. The standard InChI is InChI=1S/C14H22N4O3S/c1-9-5-11(18-21-9)16-12(19)6-22-7-13(20)17-14(2,8-15)10-3-4-10/h5,10H,3-4,6-8,15H2,1-2H3,(H,17,20)(H,16,18,19). The number of thioether (sulfide) groups is 1. The van der Waals surface area contributed by atoms with Crippen molar-refractivity contribution < 1.29 is 14.1 Å². The molecule has 122 valence electrons. The molecule has 1 heterocycles. The van der Waals surface area contributed by atoms with Gasteiger partial charge in [-0.15, -0.1) is 11.8 Å². The maximum absolute atomic E-state index is 11.9. The van der Waals surface area contributed by atoms with Crippen LogP contribution in [0.5, 0.6) is 0 Å². The summed E-state index contributed by atoms with van der Waals surface area (Å²) in [6.45, 7) is 4.16. The van der Waals surface area contributed by atoms with Gasteiger partial charge < -0.3 is 20.9 Å². The van der Waals surface area contributed by atoms with Crippen molar-refractivity contribution in [2.24, 2.45) is 11.7 Å². The van der Waals surface area contributed by atoms with E-state index >= 15 is 0 Å². The molecule has 0 aromatic carbocycles. The third-order valence-electron chi connectivity index (χ3n) is 3.69. The third kappa shape index (κ3) is 4.74. The highest BCUT2D eigenvalue weighted by Crippen LogP contribution is 2.38. The van der Waals surface area contributed by atoms with E-state index in [0.717, 1.165) is 12.8 Å². The average molecular weight is 326 g/mol. The van der Waals surface area contributed by atoms with Crippen molar-refractivity contribution in [3.8, 4) is 0 Å². The van der Waals surface area contributed by atoms with Crippen molar-refractivity contribution >= 4 is 29.4 Å². The van der Waals surface area contributed by atoms with Crippen molar-refractivity contribution in [3.05, 3.63) is 11.8 Å². The maximum atomic E-state index is 11.9. The third-order valence-corrected chi connectivity index (χ3v) is 4.62. The van der Waals surface area contributed by atoms with Crippen LogP contribution in [-0.2, 0) is 9.59 Å². The summed E-state index contributed by atoms with van der Waals surface area (Å²) >= 11 is 1.26. The Morgan fingerprint density at radius 3 is 2.68 bits per heavy atom. The number of aromatic nitrogens is 1. The molecule has 1 aromatic rings. The van der Waals surface area contributed by atoms with E-state index in [1.54, 1.807) is 13.0 Å². The van der Waals surface area contributed by atoms with Crippen molar-refractivity contribution in [2.75, 3.05) is 23.4 Å². The van der Waals surface area contributed by atoms with Crippen LogP contribution in [0, 0.1) is 12.8 Å². The maximum Gasteiger partial charge on any atom is 0.235 e. The zero-order valence-electron chi connectivity index (χ0n) is 12.8. The van der Waals surface area contributed by atoms with Crippen molar-refractivity contribution in [1.29, 1.82) is 0 Å². The van der Waals surface area contributed by atoms with Crippen LogP contribution in [0.1, 0.15) is 25.5 Å². The summed E-state index contributed by atoms with van der Waals surface area (Å²) < 4.78 is 4.86. The van der Waals surface area contributed by atoms with Crippen LogP contribution >= 0.6 is 11.8 Å². The lowest BCUT2D eigenvalue weighted by Crippen LogP contribution is -2.53. The summed E-state index contributed by atoms with van der Waals surface area (Å²) in [5.41, 5.74) is 5.44. The average Bonchev–Trinajstić information content (AvgIpc) is 3.24. The van der Waals surface area contributed by atoms with E-state index in [1.807, 2.05) is 6.92 Å². The Morgan fingerprint density at radius 2 is 2.14 bits per heavy atom. The molecule has 0 aliphatic heterocycles. The van der Waals surface area contributed by atoms with E-state index in [-0.39, 0.29) is 28.9 Å².